The number of anilines is 1. The Balaban J connectivity index is 2.02. The Labute approximate surface area is 114 Å². The average Bonchev–Trinajstić information content (AvgIpc) is 2.33. The van der Waals surface area contributed by atoms with Crippen LogP contribution >= 0.6 is 0 Å². The second-order valence-corrected chi connectivity index (χ2v) is 6.09. The third-order valence-electron chi connectivity index (χ3n) is 3.09. The summed E-state index contributed by atoms with van der Waals surface area (Å²) in [5, 5.41) is 1.10. The van der Waals surface area contributed by atoms with Crippen LogP contribution in [0.25, 0.3) is 10.9 Å². The minimum atomic E-state index is 0.299. The van der Waals surface area contributed by atoms with Crippen molar-refractivity contribution < 1.29 is 4.74 Å². The van der Waals surface area contributed by atoms with Crippen LogP contribution < -0.4 is 5.73 Å². The van der Waals surface area contributed by atoms with Crippen molar-refractivity contribution in [3.63, 3.8) is 0 Å². The number of nitrogen functional groups attached to an aromatic ring is 1. The second-order valence-electron chi connectivity index (χ2n) is 6.09. The molecule has 0 aliphatic rings. The van der Waals surface area contributed by atoms with Crippen molar-refractivity contribution in [2.24, 2.45) is 5.41 Å². The Morgan fingerprint density at radius 3 is 2.68 bits per heavy atom. The van der Waals surface area contributed by atoms with E-state index in [4.69, 9.17) is 10.5 Å². The van der Waals surface area contributed by atoms with Gasteiger partial charge in [0.05, 0.1) is 12.1 Å². The predicted molar refractivity (Wildman–Crippen MR) is 79.9 cm³/mol. The molecule has 0 saturated heterocycles. The lowest BCUT2D eigenvalue weighted by Crippen LogP contribution is -2.10. The number of nitrogens with zero attached hydrogens (tertiary/aromatic N) is 1. The van der Waals surface area contributed by atoms with Gasteiger partial charge in [0.15, 0.2) is 0 Å². The predicted octanol–water partition coefficient (Wildman–Crippen LogP) is 3.77. The van der Waals surface area contributed by atoms with E-state index in [0.29, 0.717) is 17.8 Å². The quantitative estimate of drug-likeness (QED) is 0.849. The highest BCUT2D eigenvalue weighted by Crippen LogP contribution is 2.21. The van der Waals surface area contributed by atoms with Gasteiger partial charge in [-0.25, -0.2) is 4.98 Å². The van der Waals surface area contributed by atoms with Crippen LogP contribution in [0.3, 0.4) is 0 Å². The number of hydrogen-bond donors (Lipinski definition) is 1. The van der Waals surface area contributed by atoms with Gasteiger partial charge in [-0.1, -0.05) is 39.0 Å². The molecule has 1 aromatic heterocycles. The lowest BCUT2D eigenvalue weighted by Gasteiger charge is -2.17. The van der Waals surface area contributed by atoms with Gasteiger partial charge in [0.2, 0.25) is 0 Å². The molecule has 0 bridgehead atoms. The molecule has 0 amide bonds. The van der Waals surface area contributed by atoms with E-state index in [1.165, 1.54) is 0 Å². The lowest BCUT2D eigenvalue weighted by atomic mass is 9.93. The van der Waals surface area contributed by atoms with Gasteiger partial charge in [-0.2, -0.15) is 0 Å². The summed E-state index contributed by atoms with van der Waals surface area (Å²) in [7, 11) is 0. The molecule has 0 unspecified atom stereocenters. The summed E-state index contributed by atoms with van der Waals surface area (Å²) < 4.78 is 5.71. The first-order chi connectivity index (χ1) is 8.96. The van der Waals surface area contributed by atoms with Gasteiger partial charge in [-0.15, -0.1) is 0 Å². The zero-order valence-corrected chi connectivity index (χ0v) is 11.9. The van der Waals surface area contributed by atoms with Crippen LogP contribution in [0.15, 0.2) is 30.3 Å². The third-order valence-corrected chi connectivity index (χ3v) is 3.09. The number of nitrogens with two attached hydrogens (primary N) is 1. The van der Waals surface area contributed by atoms with Crippen LogP contribution in [0.5, 0.6) is 0 Å². The Morgan fingerprint density at radius 1 is 1.21 bits per heavy atom. The summed E-state index contributed by atoms with van der Waals surface area (Å²) in [6.45, 7) is 7.91. The van der Waals surface area contributed by atoms with E-state index in [-0.39, 0.29) is 0 Å². The normalized spacial score (nSPS) is 11.9. The van der Waals surface area contributed by atoms with Crippen LogP contribution in [-0.4, -0.2) is 11.6 Å². The molecular weight excluding hydrogens is 236 g/mol. The summed E-state index contributed by atoms with van der Waals surface area (Å²) in [4.78, 5) is 4.40. The minimum absolute atomic E-state index is 0.299. The fourth-order valence-corrected chi connectivity index (χ4v) is 1.85. The third kappa shape index (κ3) is 3.93. The zero-order valence-electron chi connectivity index (χ0n) is 11.9. The monoisotopic (exact) mass is 258 g/mol. The number of aromatic nitrogens is 1. The number of ether oxygens (including phenoxy) is 1. The topological polar surface area (TPSA) is 48.1 Å². The molecule has 0 atom stereocenters. The molecule has 2 rings (SSSR count). The number of benzene rings is 1. The van der Waals surface area contributed by atoms with Crippen molar-refractivity contribution >= 4 is 16.7 Å². The van der Waals surface area contributed by atoms with Gasteiger partial charge in [0, 0.05) is 17.6 Å². The first-order valence-electron chi connectivity index (χ1n) is 6.68. The number of para-hydroxylation sites is 1. The van der Waals surface area contributed by atoms with Crippen molar-refractivity contribution in [1.29, 1.82) is 0 Å². The van der Waals surface area contributed by atoms with E-state index < -0.39 is 0 Å². The van der Waals surface area contributed by atoms with Crippen molar-refractivity contribution in [3.05, 3.63) is 35.9 Å². The molecular formula is C16H22N2O. The van der Waals surface area contributed by atoms with Crippen LogP contribution in [-0.2, 0) is 11.3 Å². The van der Waals surface area contributed by atoms with Crippen LogP contribution in [0.2, 0.25) is 0 Å². The molecule has 0 aliphatic heterocycles. The van der Waals surface area contributed by atoms with Crippen molar-refractivity contribution in [2.75, 3.05) is 12.3 Å². The zero-order chi connectivity index (χ0) is 13.9. The van der Waals surface area contributed by atoms with Crippen LogP contribution in [0.4, 0.5) is 5.82 Å². The standard InChI is InChI=1S/C16H22N2O/c1-16(2,3)8-9-19-11-13-10-12-6-4-5-7-14(12)18-15(13)17/h4-7,10H,8-9,11H2,1-3H3,(H2,17,18). The Hall–Kier alpha value is -1.61. The molecule has 102 valence electrons. The van der Waals surface area contributed by atoms with Gasteiger partial charge < -0.3 is 10.5 Å². The molecule has 3 heteroatoms. The second kappa shape index (κ2) is 5.57. The van der Waals surface area contributed by atoms with Gasteiger partial charge in [-0.3, -0.25) is 0 Å². The maximum Gasteiger partial charge on any atom is 0.129 e. The highest BCUT2D eigenvalue weighted by Gasteiger charge is 2.10. The Kier molecular flexibility index (Phi) is 4.05. The molecule has 1 aromatic carbocycles. The molecule has 0 fully saturated rings. The van der Waals surface area contributed by atoms with Crippen molar-refractivity contribution in [3.8, 4) is 0 Å². The maximum atomic E-state index is 5.96. The highest BCUT2D eigenvalue weighted by atomic mass is 16.5. The minimum Gasteiger partial charge on any atom is -0.383 e. The number of rotatable bonds is 4. The average molecular weight is 258 g/mol. The van der Waals surface area contributed by atoms with Crippen LogP contribution in [0, 0.1) is 5.41 Å². The first kappa shape index (κ1) is 13.8. The molecule has 0 saturated carbocycles. The summed E-state index contributed by atoms with van der Waals surface area (Å²) in [6, 6.07) is 10.0. The summed E-state index contributed by atoms with van der Waals surface area (Å²) in [5.74, 6) is 0.564. The van der Waals surface area contributed by atoms with E-state index in [1.54, 1.807) is 0 Å². The van der Waals surface area contributed by atoms with Crippen molar-refractivity contribution in [1.82, 2.24) is 4.98 Å². The highest BCUT2D eigenvalue weighted by molar-refractivity contribution is 5.81. The van der Waals surface area contributed by atoms with Crippen LogP contribution in [0.1, 0.15) is 32.8 Å². The number of fused-ring (bicyclic) bond motifs is 1. The smallest absolute Gasteiger partial charge is 0.129 e. The van der Waals surface area contributed by atoms with Gasteiger partial charge in [-0.05, 0) is 24.0 Å². The molecule has 2 N–H and O–H groups in total. The Bertz CT molecular complexity index is 558. The van der Waals surface area contributed by atoms with E-state index in [2.05, 4.69) is 31.8 Å². The van der Waals surface area contributed by atoms with E-state index in [1.807, 2.05) is 24.3 Å². The summed E-state index contributed by atoms with van der Waals surface area (Å²) in [6.07, 6.45) is 1.04. The SMILES string of the molecule is CC(C)(C)CCOCc1cc2ccccc2nc1N. The van der Waals surface area contributed by atoms with Gasteiger partial charge in [0.25, 0.3) is 0 Å². The molecule has 19 heavy (non-hydrogen) atoms. The fraction of sp³-hybridized carbons (Fsp3) is 0.438. The van der Waals surface area contributed by atoms with E-state index >= 15 is 0 Å². The van der Waals surface area contributed by atoms with Crippen molar-refractivity contribution in [2.45, 2.75) is 33.8 Å². The van der Waals surface area contributed by atoms with Gasteiger partial charge >= 0.3 is 0 Å². The molecule has 2 aromatic rings. The fourth-order valence-electron chi connectivity index (χ4n) is 1.85. The molecule has 0 radical (unpaired) electrons. The van der Waals surface area contributed by atoms with E-state index in [9.17, 15) is 0 Å². The molecule has 3 nitrogen and oxygen atoms in total. The summed E-state index contributed by atoms with van der Waals surface area (Å²) >= 11 is 0. The Morgan fingerprint density at radius 2 is 1.95 bits per heavy atom. The number of pyridine rings is 1. The molecule has 0 aliphatic carbocycles. The molecule has 1 heterocycles. The van der Waals surface area contributed by atoms with Gasteiger partial charge in [0.1, 0.15) is 5.82 Å². The lowest BCUT2D eigenvalue weighted by molar-refractivity contribution is 0.0965. The summed E-state index contributed by atoms with van der Waals surface area (Å²) in [5.41, 5.74) is 8.16. The molecule has 0 spiro atoms. The van der Waals surface area contributed by atoms with E-state index in [0.717, 1.165) is 29.5 Å². The maximum absolute atomic E-state index is 5.96. The largest absolute Gasteiger partial charge is 0.383 e. The number of hydrogen-bond acceptors (Lipinski definition) is 3. The first-order valence-corrected chi connectivity index (χ1v) is 6.68.